The van der Waals surface area contributed by atoms with E-state index in [9.17, 15) is 14.7 Å². The van der Waals surface area contributed by atoms with Crippen LogP contribution in [0.5, 0.6) is 11.5 Å². The van der Waals surface area contributed by atoms with Crippen LogP contribution in [0.2, 0.25) is 0 Å². The Hall–Kier alpha value is -2.24. The number of hydrogen-bond acceptors (Lipinski definition) is 6. The molecular weight excluding hydrogens is 504 g/mol. The third kappa shape index (κ3) is 13.4. The summed E-state index contributed by atoms with van der Waals surface area (Å²) in [4.78, 5) is 24.3. The second-order valence-corrected chi connectivity index (χ2v) is 13.3. The first-order valence-electron chi connectivity index (χ1n) is 15.5. The number of carbonyl (C=O) groups is 2. The maximum Gasteiger partial charge on any atom is 0.305 e. The first-order valence-corrected chi connectivity index (χ1v) is 15.5. The van der Waals surface area contributed by atoms with E-state index in [0.717, 1.165) is 55.4 Å². The Bertz CT molecular complexity index is 900. The van der Waals surface area contributed by atoms with E-state index in [0.29, 0.717) is 57.3 Å². The second-order valence-electron chi connectivity index (χ2n) is 13.3. The van der Waals surface area contributed by atoms with Crippen molar-refractivity contribution in [3.05, 3.63) is 23.3 Å². The summed E-state index contributed by atoms with van der Waals surface area (Å²) in [6, 6.07) is 3.84. The zero-order chi connectivity index (χ0) is 30.3. The van der Waals surface area contributed by atoms with Gasteiger partial charge in [0.2, 0.25) is 0 Å². The molecule has 0 spiro atoms. The predicted octanol–water partition coefficient (Wildman–Crippen LogP) is 8.65. The monoisotopic (exact) mass is 562 g/mol. The van der Waals surface area contributed by atoms with Crippen LogP contribution in [0.1, 0.15) is 138 Å². The van der Waals surface area contributed by atoms with E-state index in [-0.39, 0.29) is 28.5 Å². The van der Waals surface area contributed by atoms with Crippen LogP contribution in [0.3, 0.4) is 0 Å². The summed E-state index contributed by atoms with van der Waals surface area (Å²) in [7, 11) is 0. The van der Waals surface area contributed by atoms with Gasteiger partial charge in [-0.05, 0) is 79.7 Å². The van der Waals surface area contributed by atoms with Crippen LogP contribution in [-0.4, -0.2) is 36.9 Å². The molecule has 0 saturated heterocycles. The first-order chi connectivity index (χ1) is 18.7. The Morgan fingerprint density at radius 1 is 0.750 bits per heavy atom. The third-order valence-corrected chi connectivity index (χ3v) is 7.59. The number of rotatable bonds is 20. The fourth-order valence-corrected chi connectivity index (χ4v) is 4.67. The van der Waals surface area contributed by atoms with Crippen molar-refractivity contribution in [2.45, 2.75) is 137 Å². The van der Waals surface area contributed by atoms with Crippen LogP contribution < -0.4 is 4.74 Å². The molecule has 0 amide bonds. The summed E-state index contributed by atoms with van der Waals surface area (Å²) in [5.41, 5.74) is 1.11. The molecule has 0 aliphatic carbocycles. The molecule has 1 rings (SSSR count). The largest absolute Gasteiger partial charge is 0.508 e. The van der Waals surface area contributed by atoms with E-state index in [1.165, 1.54) is 0 Å². The Kier molecular flexibility index (Phi) is 15.7. The van der Waals surface area contributed by atoms with Gasteiger partial charge in [0.1, 0.15) is 11.5 Å². The maximum atomic E-state index is 12.2. The van der Waals surface area contributed by atoms with Gasteiger partial charge in [0.15, 0.2) is 0 Å². The van der Waals surface area contributed by atoms with E-state index in [2.05, 4.69) is 62.3 Å². The quantitative estimate of drug-likeness (QED) is 0.126. The minimum absolute atomic E-state index is 0.153. The molecule has 0 unspecified atom stereocenters. The van der Waals surface area contributed by atoms with Crippen molar-refractivity contribution in [3.8, 4) is 11.5 Å². The van der Waals surface area contributed by atoms with Crippen molar-refractivity contribution in [3.63, 3.8) is 0 Å². The third-order valence-electron chi connectivity index (χ3n) is 7.59. The average Bonchev–Trinajstić information content (AvgIpc) is 2.84. The Morgan fingerprint density at radius 2 is 1.23 bits per heavy atom. The molecule has 1 N–H and O–H groups in total. The lowest BCUT2D eigenvalue weighted by atomic mass is 9.75. The lowest BCUT2D eigenvalue weighted by Gasteiger charge is -2.32. The summed E-state index contributed by atoms with van der Waals surface area (Å²) in [5, 5.41) is 11.2. The molecule has 0 fully saturated rings. The molecule has 40 heavy (non-hydrogen) atoms. The number of phenols is 1. The summed E-state index contributed by atoms with van der Waals surface area (Å²) in [6.07, 6.45) is 7.34. The van der Waals surface area contributed by atoms with Gasteiger partial charge in [-0.3, -0.25) is 9.59 Å². The number of phenolic OH excluding ortho intramolecular Hbond substituents is 1. The number of unbranched alkanes of at least 4 members (excludes halogenated alkanes) is 1. The standard InChI is InChI=1S/C34H58O6/c1-10-11-20-38-30-24-27(33(6,7)18-12-14-31(36)39-21-16-25(2)3)29(35)23-28(30)34(8,9)19-13-15-32(37)40-22-17-26(4)5/h23-26,35H,10-22H2,1-9H3. The summed E-state index contributed by atoms with van der Waals surface area (Å²) in [5.74, 6) is 1.72. The Labute approximate surface area is 244 Å². The van der Waals surface area contributed by atoms with Gasteiger partial charge < -0.3 is 19.3 Å². The number of ether oxygens (including phenoxy) is 3. The highest BCUT2D eigenvalue weighted by Gasteiger charge is 2.31. The fourth-order valence-electron chi connectivity index (χ4n) is 4.67. The van der Waals surface area contributed by atoms with Gasteiger partial charge in [0.25, 0.3) is 0 Å². The normalized spacial score (nSPS) is 12.2. The van der Waals surface area contributed by atoms with Crippen molar-refractivity contribution in [2.24, 2.45) is 11.8 Å². The van der Waals surface area contributed by atoms with Crippen molar-refractivity contribution < 1.29 is 28.9 Å². The topological polar surface area (TPSA) is 82.1 Å². The second kappa shape index (κ2) is 17.5. The van der Waals surface area contributed by atoms with Crippen LogP contribution in [0, 0.1) is 11.8 Å². The van der Waals surface area contributed by atoms with Crippen molar-refractivity contribution >= 4 is 11.9 Å². The Morgan fingerprint density at radius 3 is 1.68 bits per heavy atom. The lowest BCUT2D eigenvalue weighted by Crippen LogP contribution is -2.22. The highest BCUT2D eigenvalue weighted by molar-refractivity contribution is 5.69. The van der Waals surface area contributed by atoms with Crippen LogP contribution in [0.4, 0.5) is 0 Å². The lowest BCUT2D eigenvalue weighted by molar-refractivity contribution is -0.145. The first kappa shape index (κ1) is 35.8. The summed E-state index contributed by atoms with van der Waals surface area (Å²) in [6.45, 7) is 20.6. The number of carbonyl (C=O) groups excluding carboxylic acids is 2. The molecule has 0 aliphatic heterocycles. The summed E-state index contributed by atoms with van der Waals surface area (Å²) >= 11 is 0. The molecule has 0 heterocycles. The molecule has 1 aromatic carbocycles. The molecule has 0 radical (unpaired) electrons. The molecule has 6 nitrogen and oxygen atoms in total. The van der Waals surface area contributed by atoms with Gasteiger partial charge in [-0.25, -0.2) is 0 Å². The summed E-state index contributed by atoms with van der Waals surface area (Å²) < 4.78 is 17.0. The van der Waals surface area contributed by atoms with Gasteiger partial charge in [-0.1, -0.05) is 68.7 Å². The fraction of sp³-hybridized carbons (Fsp3) is 0.765. The minimum Gasteiger partial charge on any atom is -0.508 e. The molecule has 0 bridgehead atoms. The number of esters is 2. The zero-order valence-corrected chi connectivity index (χ0v) is 27.0. The van der Waals surface area contributed by atoms with Crippen LogP contribution in [0.15, 0.2) is 12.1 Å². The van der Waals surface area contributed by atoms with Gasteiger partial charge in [-0.15, -0.1) is 0 Å². The SMILES string of the molecule is CCCCOc1cc(C(C)(C)CCCC(=O)OCCC(C)C)c(O)cc1C(C)(C)CCCC(=O)OCCC(C)C. The van der Waals surface area contributed by atoms with E-state index in [1.807, 2.05) is 12.1 Å². The smallest absolute Gasteiger partial charge is 0.305 e. The van der Waals surface area contributed by atoms with Crippen molar-refractivity contribution in [2.75, 3.05) is 19.8 Å². The predicted molar refractivity (Wildman–Crippen MR) is 163 cm³/mol. The van der Waals surface area contributed by atoms with Crippen molar-refractivity contribution in [1.29, 1.82) is 0 Å². The van der Waals surface area contributed by atoms with Crippen LogP contribution in [0.25, 0.3) is 0 Å². The number of aromatic hydroxyl groups is 1. The average molecular weight is 563 g/mol. The van der Waals surface area contributed by atoms with Gasteiger partial charge in [0, 0.05) is 24.0 Å². The molecular formula is C34H58O6. The van der Waals surface area contributed by atoms with E-state index in [1.54, 1.807) is 0 Å². The van der Waals surface area contributed by atoms with E-state index < -0.39 is 0 Å². The van der Waals surface area contributed by atoms with E-state index in [4.69, 9.17) is 14.2 Å². The molecule has 6 heteroatoms. The maximum absolute atomic E-state index is 12.2. The minimum atomic E-state index is -0.354. The molecule has 0 atom stereocenters. The molecule has 0 aromatic heterocycles. The van der Waals surface area contributed by atoms with Gasteiger partial charge >= 0.3 is 11.9 Å². The molecule has 230 valence electrons. The Balaban J connectivity index is 2.96. The molecule has 1 aromatic rings. The molecule has 0 aliphatic rings. The molecule has 0 saturated carbocycles. The number of hydrogen-bond donors (Lipinski definition) is 1. The number of benzene rings is 1. The van der Waals surface area contributed by atoms with Gasteiger partial charge in [-0.2, -0.15) is 0 Å². The van der Waals surface area contributed by atoms with Crippen molar-refractivity contribution in [1.82, 2.24) is 0 Å². The van der Waals surface area contributed by atoms with Gasteiger partial charge in [0.05, 0.1) is 19.8 Å². The van der Waals surface area contributed by atoms with Crippen LogP contribution >= 0.6 is 0 Å². The highest BCUT2D eigenvalue weighted by atomic mass is 16.5. The highest BCUT2D eigenvalue weighted by Crippen LogP contribution is 2.44. The zero-order valence-electron chi connectivity index (χ0n) is 27.0. The van der Waals surface area contributed by atoms with E-state index >= 15 is 0 Å². The van der Waals surface area contributed by atoms with Crippen LogP contribution in [-0.2, 0) is 29.9 Å².